The van der Waals surface area contributed by atoms with Crippen LogP contribution in [0.25, 0.3) is 0 Å². The van der Waals surface area contributed by atoms with Crippen molar-refractivity contribution in [2.24, 2.45) is 0 Å². The second-order valence-corrected chi connectivity index (χ2v) is 4.40. The van der Waals surface area contributed by atoms with E-state index in [1.165, 1.54) is 13.3 Å². The van der Waals surface area contributed by atoms with E-state index in [-0.39, 0.29) is 0 Å². The van der Waals surface area contributed by atoms with Crippen molar-refractivity contribution in [2.45, 2.75) is 12.8 Å². The smallest absolute Gasteiger partial charge is 0.349 e. The minimum atomic E-state index is -0.427. The number of hydrogen-bond acceptors (Lipinski definition) is 7. The Morgan fingerprint density at radius 1 is 1.42 bits per heavy atom. The Balaban J connectivity index is 2.16. The van der Waals surface area contributed by atoms with Gasteiger partial charge in [-0.25, -0.2) is 14.6 Å². The monoisotopic (exact) mass is 285 g/mol. The molecule has 6 nitrogen and oxygen atoms in total. The first-order valence-corrected chi connectivity index (χ1v) is 6.45. The molecule has 1 aromatic heterocycles. The van der Waals surface area contributed by atoms with Gasteiger partial charge in [-0.1, -0.05) is 17.9 Å². The number of carbonyl (C=O) groups excluding carboxylic acids is 2. The maximum absolute atomic E-state index is 11.2. The van der Waals surface area contributed by atoms with Crippen molar-refractivity contribution >= 4 is 23.3 Å². The summed E-state index contributed by atoms with van der Waals surface area (Å²) in [4.78, 5) is 26.2. The lowest BCUT2D eigenvalue weighted by molar-refractivity contribution is -0.137. The van der Waals surface area contributed by atoms with E-state index in [0.29, 0.717) is 29.7 Å². The van der Waals surface area contributed by atoms with Crippen molar-refractivity contribution in [2.75, 3.05) is 20.3 Å². The fourth-order valence-corrected chi connectivity index (χ4v) is 1.82. The molecular weight excluding hydrogens is 270 g/mol. The van der Waals surface area contributed by atoms with Gasteiger partial charge < -0.3 is 14.2 Å². The van der Waals surface area contributed by atoms with Crippen molar-refractivity contribution in [1.29, 1.82) is 0 Å². The molecule has 0 saturated heterocycles. The number of nitrogens with zero attached hydrogens (tertiary/aromatic N) is 1. The molecule has 104 valence electrons. The lowest BCUT2D eigenvalue weighted by atomic mass is 10.3. The summed E-state index contributed by atoms with van der Waals surface area (Å²) in [6.07, 6.45) is 3.95. The number of esters is 2. The Morgan fingerprint density at radius 3 is 2.84 bits per heavy atom. The Morgan fingerprint density at radius 2 is 2.16 bits per heavy atom. The van der Waals surface area contributed by atoms with E-state index in [2.05, 4.69) is 16.3 Å². The average molecular weight is 285 g/mol. The number of ether oxygens (including phenoxy) is 3. The standard InChI is InChI=1S/C12H15NO5S/c1-3-10(14)17-6-4-5-7-18-12-13-8-9(19-12)11(15)16-2/h3,8H,1,4-7H2,2H3. The van der Waals surface area contributed by atoms with Crippen LogP contribution >= 0.6 is 11.3 Å². The summed E-state index contributed by atoms with van der Waals surface area (Å²) in [6.45, 7) is 4.07. The van der Waals surface area contributed by atoms with Crippen LogP contribution in [0.5, 0.6) is 5.19 Å². The number of unbranched alkanes of at least 4 members (excludes halogenated alkanes) is 1. The molecule has 7 heteroatoms. The molecule has 0 aliphatic carbocycles. The van der Waals surface area contributed by atoms with E-state index in [4.69, 9.17) is 9.47 Å². The molecule has 0 unspecified atom stereocenters. The number of thiazole rings is 1. The average Bonchev–Trinajstić information content (AvgIpc) is 2.90. The molecule has 0 aliphatic heterocycles. The highest BCUT2D eigenvalue weighted by molar-refractivity contribution is 7.15. The van der Waals surface area contributed by atoms with Gasteiger partial charge in [-0.2, -0.15) is 0 Å². The summed E-state index contributed by atoms with van der Waals surface area (Å²) in [5, 5.41) is 0.420. The maximum atomic E-state index is 11.2. The number of aromatic nitrogens is 1. The van der Waals surface area contributed by atoms with Crippen molar-refractivity contribution in [3.8, 4) is 5.19 Å². The van der Waals surface area contributed by atoms with Crippen LogP contribution < -0.4 is 4.74 Å². The van der Waals surface area contributed by atoms with Gasteiger partial charge in [-0.05, 0) is 12.8 Å². The summed E-state index contributed by atoms with van der Waals surface area (Å²) in [5.74, 6) is -0.854. The van der Waals surface area contributed by atoms with Crippen LogP contribution in [-0.4, -0.2) is 37.2 Å². The molecule has 19 heavy (non-hydrogen) atoms. The zero-order valence-electron chi connectivity index (χ0n) is 10.6. The summed E-state index contributed by atoms with van der Waals surface area (Å²) in [6, 6.07) is 0. The number of rotatable bonds is 8. The Kier molecular flexibility index (Phi) is 6.59. The van der Waals surface area contributed by atoms with Gasteiger partial charge in [0.2, 0.25) is 0 Å². The zero-order chi connectivity index (χ0) is 14.1. The van der Waals surface area contributed by atoms with Crippen molar-refractivity contribution in [3.05, 3.63) is 23.7 Å². The van der Waals surface area contributed by atoms with Crippen molar-refractivity contribution in [1.82, 2.24) is 4.98 Å². The van der Waals surface area contributed by atoms with E-state index in [0.717, 1.165) is 23.8 Å². The van der Waals surface area contributed by atoms with Crippen LogP contribution in [0.3, 0.4) is 0 Å². The van der Waals surface area contributed by atoms with E-state index in [1.54, 1.807) is 0 Å². The fourth-order valence-electron chi connectivity index (χ4n) is 1.12. The molecule has 0 amide bonds. The molecule has 0 fully saturated rings. The van der Waals surface area contributed by atoms with Gasteiger partial charge in [0.1, 0.15) is 4.88 Å². The number of carbonyl (C=O) groups is 2. The number of hydrogen-bond donors (Lipinski definition) is 0. The van der Waals surface area contributed by atoms with Crippen molar-refractivity contribution in [3.63, 3.8) is 0 Å². The molecular formula is C12H15NO5S. The van der Waals surface area contributed by atoms with Crippen LogP contribution in [0.1, 0.15) is 22.5 Å². The van der Waals surface area contributed by atoms with Crippen molar-refractivity contribution < 1.29 is 23.8 Å². The SMILES string of the molecule is C=CC(=O)OCCCCOc1ncc(C(=O)OC)s1. The fraction of sp³-hybridized carbons (Fsp3) is 0.417. The molecule has 1 heterocycles. The van der Waals surface area contributed by atoms with E-state index in [1.807, 2.05) is 0 Å². The summed E-state index contributed by atoms with van der Waals surface area (Å²) in [5.41, 5.74) is 0. The normalized spacial score (nSPS) is 9.74. The first-order chi connectivity index (χ1) is 9.17. The summed E-state index contributed by atoms with van der Waals surface area (Å²) >= 11 is 1.13. The highest BCUT2D eigenvalue weighted by atomic mass is 32.1. The van der Waals surface area contributed by atoms with Gasteiger partial charge in [0.15, 0.2) is 0 Å². The molecule has 0 atom stereocenters. The molecule has 0 bridgehead atoms. The third kappa shape index (κ3) is 5.52. The van der Waals surface area contributed by atoms with Crippen LogP contribution in [0.2, 0.25) is 0 Å². The molecule has 0 aromatic carbocycles. The summed E-state index contributed by atoms with van der Waals surface area (Å²) < 4.78 is 14.7. The lowest BCUT2D eigenvalue weighted by Crippen LogP contribution is -2.04. The zero-order valence-corrected chi connectivity index (χ0v) is 11.4. The Labute approximate surface area is 115 Å². The highest BCUT2D eigenvalue weighted by Crippen LogP contribution is 2.21. The predicted octanol–water partition coefficient (Wildman–Crippen LogP) is 1.82. The quantitative estimate of drug-likeness (QED) is 0.412. The van der Waals surface area contributed by atoms with Crippen LogP contribution in [0.4, 0.5) is 0 Å². The second kappa shape index (κ2) is 8.25. The Bertz CT molecular complexity index is 443. The lowest BCUT2D eigenvalue weighted by Gasteiger charge is -2.02. The molecule has 0 spiro atoms. The molecule has 0 aliphatic rings. The van der Waals surface area contributed by atoms with Gasteiger partial charge in [0.05, 0.1) is 26.5 Å². The molecule has 0 radical (unpaired) electrons. The van der Waals surface area contributed by atoms with E-state index in [9.17, 15) is 9.59 Å². The van der Waals surface area contributed by atoms with Gasteiger partial charge in [-0.3, -0.25) is 0 Å². The predicted molar refractivity (Wildman–Crippen MR) is 69.3 cm³/mol. The highest BCUT2D eigenvalue weighted by Gasteiger charge is 2.10. The van der Waals surface area contributed by atoms with E-state index < -0.39 is 11.9 Å². The minimum absolute atomic E-state index is 0.333. The molecule has 1 rings (SSSR count). The number of methoxy groups -OCH3 is 1. The van der Waals surface area contributed by atoms with Gasteiger partial charge >= 0.3 is 11.9 Å². The van der Waals surface area contributed by atoms with Gasteiger partial charge in [-0.15, -0.1) is 0 Å². The minimum Gasteiger partial charge on any atom is -0.470 e. The Hall–Kier alpha value is -1.89. The van der Waals surface area contributed by atoms with Gasteiger partial charge in [0.25, 0.3) is 5.19 Å². The van der Waals surface area contributed by atoms with Crippen LogP contribution in [0.15, 0.2) is 18.9 Å². The van der Waals surface area contributed by atoms with Crippen LogP contribution in [0, 0.1) is 0 Å². The second-order valence-electron chi connectivity index (χ2n) is 3.41. The summed E-state index contributed by atoms with van der Waals surface area (Å²) in [7, 11) is 1.31. The third-order valence-electron chi connectivity index (χ3n) is 2.05. The third-order valence-corrected chi connectivity index (χ3v) is 2.94. The van der Waals surface area contributed by atoms with E-state index >= 15 is 0 Å². The van der Waals surface area contributed by atoms with Gasteiger partial charge in [0, 0.05) is 6.08 Å². The molecule has 1 aromatic rings. The molecule has 0 N–H and O–H groups in total. The largest absolute Gasteiger partial charge is 0.470 e. The molecule has 0 saturated carbocycles. The first kappa shape index (κ1) is 15.2. The van der Waals surface area contributed by atoms with Crippen LogP contribution in [-0.2, 0) is 14.3 Å². The maximum Gasteiger partial charge on any atom is 0.349 e. The first-order valence-electron chi connectivity index (χ1n) is 5.63. The topological polar surface area (TPSA) is 74.7 Å².